The molecule has 2 aliphatic rings. The van der Waals surface area contributed by atoms with Crippen molar-refractivity contribution in [2.75, 3.05) is 18.6 Å². The lowest BCUT2D eigenvalue weighted by Crippen LogP contribution is -2.39. The van der Waals surface area contributed by atoms with Gasteiger partial charge in [-0.3, -0.25) is 15.0 Å². The number of nitrogens with zero attached hydrogens (tertiary/aromatic N) is 2. The maximum atomic E-state index is 12.9. The van der Waals surface area contributed by atoms with Gasteiger partial charge in [-0.1, -0.05) is 37.5 Å². The van der Waals surface area contributed by atoms with Gasteiger partial charge < -0.3 is 9.64 Å². The van der Waals surface area contributed by atoms with Crippen LogP contribution in [0.4, 0.5) is 5.69 Å². The van der Waals surface area contributed by atoms with Gasteiger partial charge >= 0.3 is 5.97 Å². The Morgan fingerprint density at radius 3 is 2.64 bits per heavy atom. The number of carbonyl (C=O) groups is 2. The van der Waals surface area contributed by atoms with Crippen molar-refractivity contribution in [2.45, 2.75) is 45.1 Å². The summed E-state index contributed by atoms with van der Waals surface area (Å²) in [4.78, 5) is 27.0. The van der Waals surface area contributed by atoms with Crippen LogP contribution in [0, 0.1) is 5.92 Å². The number of carbonyl (C=O) groups excluding carboxylic acids is 2. The molecule has 0 bridgehead atoms. The molecular weight excluding hydrogens is 318 g/mol. The lowest BCUT2D eigenvalue weighted by atomic mass is 9.94. The molecule has 6 nitrogen and oxygen atoms in total. The van der Waals surface area contributed by atoms with E-state index in [9.17, 15) is 9.59 Å². The minimum atomic E-state index is -0.620. The van der Waals surface area contributed by atoms with Gasteiger partial charge in [-0.2, -0.15) is 5.10 Å². The average molecular weight is 343 g/mol. The summed E-state index contributed by atoms with van der Waals surface area (Å²) in [5, 5.41) is 4.28. The number of nitrogens with one attached hydrogen (secondary N) is 1. The van der Waals surface area contributed by atoms with Crippen molar-refractivity contribution < 1.29 is 14.3 Å². The molecule has 1 saturated carbocycles. The fraction of sp³-hybridized carbons (Fsp3) is 0.526. The molecular formula is C19H25N3O3. The quantitative estimate of drug-likeness (QED) is 0.659. The molecule has 0 unspecified atom stereocenters. The standard InChI is InChI=1S/C19H25N3O3/c1-2-25-19(24)16-13-22(15-11-7-4-8-12-15)18(23)17(16)21-20-14-9-5-3-6-10-14/h3,5-6,9-10,15-16,20H,2,4,7-8,11-13H2,1H3/b21-17+/t16-/m1/s1. The Morgan fingerprint density at radius 1 is 1.24 bits per heavy atom. The van der Waals surface area contributed by atoms with Gasteiger partial charge in [0.05, 0.1) is 12.3 Å². The lowest BCUT2D eigenvalue weighted by molar-refractivity contribution is -0.145. The first-order valence-electron chi connectivity index (χ1n) is 9.07. The topological polar surface area (TPSA) is 71.0 Å². The summed E-state index contributed by atoms with van der Waals surface area (Å²) in [5.41, 5.74) is 3.94. The van der Waals surface area contributed by atoms with Gasteiger partial charge in [0, 0.05) is 12.6 Å². The molecule has 3 rings (SSSR count). The van der Waals surface area contributed by atoms with Gasteiger partial charge in [0.2, 0.25) is 0 Å². The maximum Gasteiger partial charge on any atom is 0.317 e. The van der Waals surface area contributed by atoms with E-state index < -0.39 is 5.92 Å². The Kier molecular flexibility index (Phi) is 5.68. The predicted octanol–water partition coefficient (Wildman–Crippen LogP) is 2.81. The molecule has 1 N–H and O–H groups in total. The zero-order chi connectivity index (χ0) is 17.6. The summed E-state index contributed by atoms with van der Waals surface area (Å²) in [6.45, 7) is 2.44. The van der Waals surface area contributed by atoms with E-state index in [1.807, 2.05) is 35.2 Å². The summed E-state index contributed by atoms with van der Waals surface area (Å²) in [7, 11) is 0. The largest absolute Gasteiger partial charge is 0.465 e. The molecule has 0 radical (unpaired) electrons. The van der Waals surface area contributed by atoms with Gasteiger partial charge in [0.15, 0.2) is 0 Å². The second-order valence-electron chi connectivity index (χ2n) is 6.53. The molecule has 6 heteroatoms. The molecule has 134 valence electrons. The van der Waals surface area contributed by atoms with Crippen LogP contribution in [0.15, 0.2) is 35.4 Å². The lowest BCUT2D eigenvalue weighted by Gasteiger charge is -2.30. The summed E-state index contributed by atoms with van der Waals surface area (Å²) in [5.74, 6) is -1.14. The van der Waals surface area contributed by atoms with E-state index in [0.717, 1.165) is 31.4 Å². The number of hydrogen-bond acceptors (Lipinski definition) is 5. The highest BCUT2D eigenvalue weighted by Gasteiger charge is 2.45. The van der Waals surface area contributed by atoms with Gasteiger partial charge in [-0.15, -0.1) is 0 Å². The predicted molar refractivity (Wildman–Crippen MR) is 96.2 cm³/mol. The van der Waals surface area contributed by atoms with Crippen molar-refractivity contribution in [1.29, 1.82) is 0 Å². The van der Waals surface area contributed by atoms with Crippen molar-refractivity contribution in [2.24, 2.45) is 11.0 Å². The van der Waals surface area contributed by atoms with Gasteiger partial charge in [-0.25, -0.2) is 0 Å². The van der Waals surface area contributed by atoms with E-state index in [1.165, 1.54) is 6.42 Å². The highest BCUT2D eigenvalue weighted by Crippen LogP contribution is 2.28. The second kappa shape index (κ2) is 8.14. The second-order valence-corrected chi connectivity index (χ2v) is 6.53. The fourth-order valence-corrected chi connectivity index (χ4v) is 3.56. The van der Waals surface area contributed by atoms with Gasteiger partial charge in [0.25, 0.3) is 5.91 Å². The van der Waals surface area contributed by atoms with Gasteiger partial charge in [0.1, 0.15) is 11.6 Å². The highest BCUT2D eigenvalue weighted by molar-refractivity contribution is 6.44. The molecule has 1 amide bonds. The third-order valence-electron chi connectivity index (χ3n) is 4.86. The van der Waals surface area contributed by atoms with Crippen LogP contribution in [0.3, 0.4) is 0 Å². The van der Waals surface area contributed by atoms with Crippen LogP contribution in [0.5, 0.6) is 0 Å². The van der Waals surface area contributed by atoms with Crippen LogP contribution in [-0.2, 0) is 14.3 Å². The normalized spacial score (nSPS) is 23.1. The number of likely N-dealkylation sites (tertiary alicyclic amines) is 1. The molecule has 1 aliphatic heterocycles. The van der Waals surface area contributed by atoms with Crippen LogP contribution in [0.2, 0.25) is 0 Å². The Balaban J connectivity index is 1.80. The summed E-state index contributed by atoms with van der Waals surface area (Å²) < 4.78 is 5.17. The van der Waals surface area contributed by atoms with E-state index in [-0.39, 0.29) is 23.6 Å². The summed E-state index contributed by atoms with van der Waals surface area (Å²) in [6.07, 6.45) is 5.48. The smallest absolute Gasteiger partial charge is 0.317 e. The molecule has 2 fully saturated rings. The minimum Gasteiger partial charge on any atom is -0.465 e. The Bertz CT molecular complexity index is 639. The number of amides is 1. The Hall–Kier alpha value is -2.37. The van der Waals surface area contributed by atoms with E-state index >= 15 is 0 Å². The number of rotatable bonds is 5. The summed E-state index contributed by atoms with van der Waals surface area (Å²) in [6, 6.07) is 9.61. The molecule has 0 aromatic heterocycles. The molecule has 1 aromatic carbocycles. The third kappa shape index (κ3) is 4.00. The Morgan fingerprint density at radius 2 is 1.96 bits per heavy atom. The maximum absolute atomic E-state index is 12.9. The van der Waals surface area contributed by atoms with E-state index in [1.54, 1.807) is 6.92 Å². The van der Waals surface area contributed by atoms with Gasteiger partial charge in [-0.05, 0) is 31.9 Å². The molecule has 1 saturated heterocycles. The van der Waals surface area contributed by atoms with Crippen molar-refractivity contribution in [3.63, 3.8) is 0 Å². The van der Waals surface area contributed by atoms with E-state index in [0.29, 0.717) is 13.2 Å². The number of para-hydroxylation sites is 1. The first kappa shape index (κ1) is 17.5. The molecule has 1 aromatic rings. The number of hydrazone groups is 1. The van der Waals surface area contributed by atoms with Crippen molar-refractivity contribution >= 4 is 23.3 Å². The van der Waals surface area contributed by atoms with Crippen LogP contribution in [0.1, 0.15) is 39.0 Å². The van der Waals surface area contributed by atoms with Crippen LogP contribution in [0.25, 0.3) is 0 Å². The summed E-state index contributed by atoms with van der Waals surface area (Å²) >= 11 is 0. The minimum absolute atomic E-state index is 0.145. The van der Waals surface area contributed by atoms with E-state index in [4.69, 9.17) is 4.74 Å². The van der Waals surface area contributed by atoms with Crippen LogP contribution >= 0.6 is 0 Å². The number of hydrogen-bond donors (Lipinski definition) is 1. The third-order valence-corrected chi connectivity index (χ3v) is 4.86. The molecule has 0 spiro atoms. The van der Waals surface area contributed by atoms with Crippen molar-refractivity contribution in [3.05, 3.63) is 30.3 Å². The monoisotopic (exact) mass is 343 g/mol. The highest BCUT2D eigenvalue weighted by atomic mass is 16.5. The number of esters is 1. The van der Waals surface area contributed by atoms with Crippen molar-refractivity contribution in [3.8, 4) is 0 Å². The average Bonchev–Trinajstić information content (AvgIpc) is 2.98. The number of ether oxygens (including phenoxy) is 1. The molecule has 1 aliphatic carbocycles. The first-order valence-corrected chi connectivity index (χ1v) is 9.07. The van der Waals surface area contributed by atoms with Crippen LogP contribution < -0.4 is 5.43 Å². The Labute approximate surface area is 148 Å². The van der Waals surface area contributed by atoms with E-state index in [2.05, 4.69) is 10.5 Å². The van der Waals surface area contributed by atoms with Crippen LogP contribution in [-0.4, -0.2) is 41.7 Å². The molecule has 1 heterocycles. The van der Waals surface area contributed by atoms with Crippen molar-refractivity contribution in [1.82, 2.24) is 4.90 Å². The first-order chi connectivity index (χ1) is 12.2. The zero-order valence-corrected chi connectivity index (χ0v) is 14.6. The fourth-order valence-electron chi connectivity index (χ4n) is 3.56. The SMILES string of the molecule is CCOC(=O)[C@@H]1CN(C2CCCCC2)C(=O)/C1=N/Nc1ccccc1. The molecule has 25 heavy (non-hydrogen) atoms. The molecule has 1 atom stereocenters. The zero-order valence-electron chi connectivity index (χ0n) is 14.6. The number of benzene rings is 1. The number of anilines is 1.